The van der Waals surface area contributed by atoms with Gasteiger partial charge in [-0.15, -0.1) is 0 Å². The first-order valence-electron chi connectivity index (χ1n) is 9.81. The first kappa shape index (κ1) is 21.3. The average Bonchev–Trinajstić information content (AvgIpc) is 2.79. The molecule has 0 aromatic heterocycles. The standard InChI is InChI=1S/C25H21N3O3S/c26-21-8-4-6-19(16-21)18-5-3-7-20(15-18)25(29)28-22-13-11-17(12-14-22)23-9-1-2-10-24(23)32(27,30)31/h1-16H,26H2,(H,28,29)(H2,27,30,31). The molecule has 0 saturated heterocycles. The average molecular weight is 444 g/mol. The van der Waals surface area contributed by atoms with Gasteiger partial charge in [0.25, 0.3) is 5.91 Å². The molecule has 0 heterocycles. The Hall–Kier alpha value is -3.94. The van der Waals surface area contributed by atoms with Crippen LogP contribution in [0, 0.1) is 0 Å². The number of hydrogen-bond acceptors (Lipinski definition) is 4. The number of rotatable bonds is 5. The fourth-order valence-electron chi connectivity index (χ4n) is 3.45. The van der Waals surface area contributed by atoms with Gasteiger partial charge in [0.15, 0.2) is 0 Å². The molecular weight excluding hydrogens is 422 g/mol. The highest BCUT2D eigenvalue weighted by molar-refractivity contribution is 7.89. The van der Waals surface area contributed by atoms with Crippen LogP contribution in [0.4, 0.5) is 11.4 Å². The van der Waals surface area contributed by atoms with E-state index in [1.807, 2.05) is 36.4 Å². The second-order valence-corrected chi connectivity index (χ2v) is 8.81. The topological polar surface area (TPSA) is 115 Å². The van der Waals surface area contributed by atoms with E-state index in [0.29, 0.717) is 28.1 Å². The van der Waals surface area contributed by atoms with E-state index >= 15 is 0 Å². The molecule has 0 aliphatic carbocycles. The lowest BCUT2D eigenvalue weighted by molar-refractivity contribution is 0.102. The highest BCUT2D eigenvalue weighted by atomic mass is 32.2. The fraction of sp³-hybridized carbons (Fsp3) is 0. The van der Waals surface area contributed by atoms with Gasteiger partial charge in [-0.1, -0.05) is 54.6 Å². The summed E-state index contributed by atoms with van der Waals surface area (Å²) >= 11 is 0. The summed E-state index contributed by atoms with van der Waals surface area (Å²) in [6.45, 7) is 0. The van der Waals surface area contributed by atoms with Crippen molar-refractivity contribution in [2.75, 3.05) is 11.1 Å². The summed E-state index contributed by atoms with van der Waals surface area (Å²) in [5, 5.41) is 8.19. The molecule has 0 unspecified atom stereocenters. The van der Waals surface area contributed by atoms with Crippen LogP contribution >= 0.6 is 0 Å². The van der Waals surface area contributed by atoms with Gasteiger partial charge < -0.3 is 11.1 Å². The number of nitrogen functional groups attached to an aromatic ring is 1. The number of carbonyl (C=O) groups excluding carboxylic acids is 1. The molecule has 0 radical (unpaired) electrons. The molecule has 6 nitrogen and oxygen atoms in total. The van der Waals surface area contributed by atoms with E-state index in [0.717, 1.165) is 11.1 Å². The molecule has 0 saturated carbocycles. The van der Waals surface area contributed by atoms with Crippen LogP contribution in [0.25, 0.3) is 22.3 Å². The van der Waals surface area contributed by atoms with Gasteiger partial charge in [-0.25, -0.2) is 13.6 Å². The molecule has 4 aromatic rings. The van der Waals surface area contributed by atoms with Gasteiger partial charge >= 0.3 is 0 Å². The second-order valence-electron chi connectivity index (χ2n) is 7.28. The lowest BCUT2D eigenvalue weighted by Crippen LogP contribution is -2.13. The minimum atomic E-state index is -3.85. The van der Waals surface area contributed by atoms with E-state index in [2.05, 4.69) is 5.32 Å². The minimum Gasteiger partial charge on any atom is -0.399 e. The Kier molecular flexibility index (Phi) is 5.77. The Morgan fingerprint density at radius 1 is 0.719 bits per heavy atom. The van der Waals surface area contributed by atoms with Crippen molar-refractivity contribution in [3.63, 3.8) is 0 Å². The van der Waals surface area contributed by atoms with Crippen LogP contribution in [0.1, 0.15) is 10.4 Å². The quantitative estimate of drug-likeness (QED) is 0.394. The summed E-state index contributed by atoms with van der Waals surface area (Å²) in [5.74, 6) is -0.256. The number of benzene rings is 4. The van der Waals surface area contributed by atoms with Gasteiger partial charge in [-0.3, -0.25) is 4.79 Å². The Bertz CT molecular complexity index is 1400. The first-order valence-corrected chi connectivity index (χ1v) is 11.4. The maximum Gasteiger partial charge on any atom is 0.255 e. The van der Waals surface area contributed by atoms with Gasteiger partial charge in [0.05, 0.1) is 4.90 Å². The van der Waals surface area contributed by atoms with E-state index in [1.54, 1.807) is 54.6 Å². The van der Waals surface area contributed by atoms with E-state index in [1.165, 1.54) is 6.07 Å². The zero-order valence-corrected chi connectivity index (χ0v) is 17.8. The van der Waals surface area contributed by atoms with Crippen molar-refractivity contribution in [1.29, 1.82) is 0 Å². The van der Waals surface area contributed by atoms with Crippen molar-refractivity contribution in [2.24, 2.45) is 5.14 Å². The van der Waals surface area contributed by atoms with Crippen molar-refractivity contribution >= 4 is 27.3 Å². The number of amides is 1. The lowest BCUT2D eigenvalue weighted by atomic mass is 10.0. The summed E-state index contributed by atoms with van der Waals surface area (Å²) in [6, 6.07) is 28.2. The minimum absolute atomic E-state index is 0.0511. The summed E-state index contributed by atoms with van der Waals surface area (Å²) in [7, 11) is -3.85. The monoisotopic (exact) mass is 443 g/mol. The Morgan fingerprint density at radius 3 is 2.06 bits per heavy atom. The normalized spacial score (nSPS) is 11.2. The lowest BCUT2D eigenvalue weighted by Gasteiger charge is -2.10. The van der Waals surface area contributed by atoms with Gasteiger partial charge in [0.2, 0.25) is 10.0 Å². The van der Waals surface area contributed by atoms with Crippen LogP contribution < -0.4 is 16.2 Å². The maximum atomic E-state index is 12.8. The third kappa shape index (κ3) is 4.69. The molecule has 160 valence electrons. The molecule has 32 heavy (non-hydrogen) atoms. The zero-order chi connectivity index (χ0) is 22.7. The molecule has 0 atom stereocenters. The highest BCUT2D eigenvalue weighted by Crippen LogP contribution is 2.28. The van der Waals surface area contributed by atoms with Crippen LogP contribution in [0.15, 0.2) is 102 Å². The third-order valence-electron chi connectivity index (χ3n) is 4.99. The summed E-state index contributed by atoms with van der Waals surface area (Å²) in [4.78, 5) is 12.8. The number of carbonyl (C=O) groups is 1. The molecule has 1 amide bonds. The van der Waals surface area contributed by atoms with Gasteiger partial charge in [0.1, 0.15) is 0 Å². The number of sulfonamides is 1. The first-order chi connectivity index (χ1) is 15.3. The van der Waals surface area contributed by atoms with E-state index in [9.17, 15) is 13.2 Å². The number of primary sulfonamides is 1. The molecule has 7 heteroatoms. The predicted octanol–water partition coefficient (Wildman–Crippen LogP) is 4.50. The predicted molar refractivity (Wildman–Crippen MR) is 127 cm³/mol. The summed E-state index contributed by atoms with van der Waals surface area (Å²) in [5.41, 5.74) is 10.6. The van der Waals surface area contributed by atoms with Crippen LogP contribution in [0.2, 0.25) is 0 Å². The van der Waals surface area contributed by atoms with E-state index in [-0.39, 0.29) is 10.8 Å². The van der Waals surface area contributed by atoms with Gasteiger partial charge in [0, 0.05) is 22.5 Å². The van der Waals surface area contributed by atoms with Crippen LogP contribution in [-0.2, 0) is 10.0 Å². The van der Waals surface area contributed by atoms with Gasteiger partial charge in [-0.2, -0.15) is 0 Å². The summed E-state index contributed by atoms with van der Waals surface area (Å²) < 4.78 is 23.7. The zero-order valence-electron chi connectivity index (χ0n) is 17.0. The summed E-state index contributed by atoms with van der Waals surface area (Å²) in [6.07, 6.45) is 0. The van der Waals surface area contributed by atoms with Crippen LogP contribution in [-0.4, -0.2) is 14.3 Å². The molecular formula is C25H21N3O3S. The molecule has 5 N–H and O–H groups in total. The maximum absolute atomic E-state index is 12.8. The second kappa shape index (κ2) is 8.66. The molecule has 4 rings (SSSR count). The van der Waals surface area contributed by atoms with Crippen molar-refractivity contribution < 1.29 is 13.2 Å². The third-order valence-corrected chi connectivity index (χ3v) is 5.96. The van der Waals surface area contributed by atoms with Crippen molar-refractivity contribution in [1.82, 2.24) is 0 Å². The van der Waals surface area contributed by atoms with Crippen LogP contribution in [0.3, 0.4) is 0 Å². The van der Waals surface area contributed by atoms with Crippen molar-refractivity contribution in [3.05, 3.63) is 103 Å². The van der Waals surface area contributed by atoms with E-state index in [4.69, 9.17) is 10.9 Å². The molecule has 0 aliphatic rings. The van der Waals surface area contributed by atoms with Crippen molar-refractivity contribution in [3.8, 4) is 22.3 Å². The van der Waals surface area contributed by atoms with Gasteiger partial charge in [-0.05, 0) is 59.2 Å². The molecule has 4 aromatic carbocycles. The SMILES string of the molecule is Nc1cccc(-c2cccc(C(=O)Nc3ccc(-c4ccccc4S(N)(=O)=O)cc3)c2)c1. The number of nitrogens with one attached hydrogen (secondary N) is 1. The number of hydrogen-bond donors (Lipinski definition) is 3. The number of nitrogens with two attached hydrogens (primary N) is 2. The fourth-order valence-corrected chi connectivity index (χ4v) is 4.21. The smallest absolute Gasteiger partial charge is 0.255 e. The Morgan fingerprint density at radius 2 is 1.38 bits per heavy atom. The molecule has 0 spiro atoms. The van der Waals surface area contributed by atoms with Crippen LogP contribution in [0.5, 0.6) is 0 Å². The van der Waals surface area contributed by atoms with E-state index < -0.39 is 10.0 Å². The largest absolute Gasteiger partial charge is 0.399 e. The Balaban J connectivity index is 1.55. The molecule has 0 fully saturated rings. The molecule has 0 aliphatic heterocycles. The molecule has 0 bridgehead atoms. The highest BCUT2D eigenvalue weighted by Gasteiger charge is 2.15. The Labute approximate surface area is 186 Å². The number of anilines is 2. The van der Waals surface area contributed by atoms with Crippen molar-refractivity contribution in [2.45, 2.75) is 4.90 Å².